The maximum Gasteiger partial charge on any atom is 0.286 e. The standard InChI is InChI=1S/C19H22Cl2N6O4/c20-12-8-22-19(23-9-12)27-5-3-26(4-6-27)16(28)7-13-1-2-14(31-13)11-30-15-10-24-25-18(29)17(15)21/h8-10,13-14H,1-7,11H2,(H,25,29)/t13-,14-/m1/s1. The number of nitrogens with zero attached hydrogens (tertiary/aromatic N) is 5. The average Bonchev–Trinajstić information content (AvgIpc) is 3.22. The number of aromatic amines is 1. The first-order valence-electron chi connectivity index (χ1n) is 10.0. The fourth-order valence-electron chi connectivity index (χ4n) is 3.65. The lowest BCUT2D eigenvalue weighted by Gasteiger charge is -2.35. The van der Waals surface area contributed by atoms with Crippen LogP contribution in [0.1, 0.15) is 19.3 Å². The van der Waals surface area contributed by atoms with E-state index >= 15 is 0 Å². The van der Waals surface area contributed by atoms with E-state index in [1.807, 2.05) is 9.80 Å². The van der Waals surface area contributed by atoms with Crippen LogP contribution in [0.5, 0.6) is 5.75 Å². The van der Waals surface area contributed by atoms with Crippen LogP contribution in [-0.4, -0.2) is 76.0 Å². The van der Waals surface area contributed by atoms with Crippen LogP contribution in [0.3, 0.4) is 0 Å². The lowest BCUT2D eigenvalue weighted by molar-refractivity contribution is -0.134. The Morgan fingerprint density at radius 1 is 1.13 bits per heavy atom. The number of carbonyl (C=O) groups excluding carboxylic acids is 1. The SMILES string of the molecule is O=C(C[C@H]1CC[C@H](COc2cn[nH]c(=O)c2Cl)O1)N1CCN(c2ncc(Cl)cn2)CC1. The normalized spacial score (nSPS) is 21.4. The second-order valence-electron chi connectivity index (χ2n) is 7.42. The van der Waals surface area contributed by atoms with Crippen LogP contribution in [0, 0.1) is 0 Å². The number of amides is 1. The third kappa shape index (κ3) is 5.44. The molecule has 0 unspecified atom stereocenters. The van der Waals surface area contributed by atoms with Crippen LogP contribution in [-0.2, 0) is 9.53 Å². The number of hydrogen-bond donors (Lipinski definition) is 1. The van der Waals surface area contributed by atoms with Gasteiger partial charge in [0, 0.05) is 26.2 Å². The van der Waals surface area contributed by atoms with Gasteiger partial charge < -0.3 is 19.3 Å². The number of anilines is 1. The minimum absolute atomic E-state index is 0.0390. The van der Waals surface area contributed by atoms with E-state index < -0.39 is 5.56 Å². The molecule has 0 aromatic carbocycles. The molecule has 2 atom stereocenters. The maximum absolute atomic E-state index is 12.7. The molecule has 31 heavy (non-hydrogen) atoms. The number of piperazine rings is 1. The first-order chi connectivity index (χ1) is 15.0. The summed E-state index contributed by atoms with van der Waals surface area (Å²) in [6.07, 6.45) is 6.07. The Hall–Kier alpha value is -2.43. The summed E-state index contributed by atoms with van der Waals surface area (Å²) in [6.45, 7) is 2.80. The topological polar surface area (TPSA) is 114 Å². The van der Waals surface area contributed by atoms with E-state index in [-0.39, 0.29) is 35.5 Å². The highest BCUT2D eigenvalue weighted by molar-refractivity contribution is 6.31. The lowest BCUT2D eigenvalue weighted by atomic mass is 10.1. The van der Waals surface area contributed by atoms with Crippen molar-refractivity contribution in [3.63, 3.8) is 0 Å². The zero-order chi connectivity index (χ0) is 21.8. The number of nitrogens with one attached hydrogen (secondary N) is 1. The molecule has 0 saturated carbocycles. The van der Waals surface area contributed by atoms with Crippen LogP contribution >= 0.6 is 23.2 Å². The Morgan fingerprint density at radius 2 is 1.84 bits per heavy atom. The van der Waals surface area contributed by atoms with E-state index in [9.17, 15) is 9.59 Å². The van der Waals surface area contributed by atoms with Crippen molar-refractivity contribution in [3.05, 3.63) is 39.0 Å². The molecular formula is C19H22Cl2N6O4. The molecule has 2 aliphatic rings. The van der Waals surface area contributed by atoms with Gasteiger partial charge >= 0.3 is 0 Å². The van der Waals surface area contributed by atoms with Crippen molar-refractivity contribution in [1.82, 2.24) is 25.1 Å². The Balaban J connectivity index is 1.20. The Labute approximate surface area is 188 Å². The quantitative estimate of drug-likeness (QED) is 0.678. The van der Waals surface area contributed by atoms with Crippen molar-refractivity contribution in [2.75, 3.05) is 37.7 Å². The van der Waals surface area contributed by atoms with E-state index in [2.05, 4.69) is 20.2 Å². The average molecular weight is 469 g/mol. The summed E-state index contributed by atoms with van der Waals surface area (Å²) in [7, 11) is 0. The molecule has 2 aromatic rings. The largest absolute Gasteiger partial charge is 0.487 e. The van der Waals surface area contributed by atoms with E-state index in [0.717, 1.165) is 12.8 Å². The number of aromatic nitrogens is 4. The molecule has 166 valence electrons. The van der Waals surface area contributed by atoms with Gasteiger partial charge in [-0.1, -0.05) is 23.2 Å². The second-order valence-corrected chi connectivity index (χ2v) is 8.23. The van der Waals surface area contributed by atoms with Gasteiger partial charge in [-0.3, -0.25) is 9.59 Å². The van der Waals surface area contributed by atoms with Gasteiger partial charge in [0.25, 0.3) is 5.56 Å². The summed E-state index contributed by atoms with van der Waals surface area (Å²) in [6, 6.07) is 0. The van der Waals surface area contributed by atoms with Gasteiger partial charge in [0.1, 0.15) is 6.61 Å². The van der Waals surface area contributed by atoms with Gasteiger partial charge in [0.05, 0.1) is 42.2 Å². The summed E-state index contributed by atoms with van der Waals surface area (Å²) >= 11 is 11.7. The fourth-order valence-corrected chi connectivity index (χ4v) is 3.90. The molecule has 2 aromatic heterocycles. The van der Waals surface area contributed by atoms with Crippen LogP contribution < -0.4 is 15.2 Å². The Bertz CT molecular complexity index is 965. The third-order valence-electron chi connectivity index (χ3n) is 5.31. The highest BCUT2D eigenvalue weighted by Gasteiger charge is 2.30. The monoisotopic (exact) mass is 468 g/mol. The molecule has 2 aliphatic heterocycles. The molecule has 1 amide bonds. The molecule has 10 nitrogen and oxygen atoms in total. The number of carbonyl (C=O) groups is 1. The summed E-state index contributed by atoms with van der Waals surface area (Å²) in [5, 5.41) is 6.36. The van der Waals surface area contributed by atoms with Gasteiger partial charge in [-0.25, -0.2) is 15.1 Å². The summed E-state index contributed by atoms with van der Waals surface area (Å²) in [5.41, 5.74) is -0.502. The first kappa shape index (κ1) is 21.8. The van der Waals surface area contributed by atoms with E-state index in [4.69, 9.17) is 32.7 Å². The van der Waals surface area contributed by atoms with Crippen molar-refractivity contribution in [2.45, 2.75) is 31.5 Å². The molecule has 0 aliphatic carbocycles. The van der Waals surface area contributed by atoms with Crippen molar-refractivity contribution >= 4 is 35.1 Å². The zero-order valence-corrected chi connectivity index (χ0v) is 18.2. The van der Waals surface area contributed by atoms with E-state index in [0.29, 0.717) is 43.6 Å². The lowest BCUT2D eigenvalue weighted by Crippen LogP contribution is -2.49. The molecule has 0 spiro atoms. The Morgan fingerprint density at radius 3 is 2.58 bits per heavy atom. The van der Waals surface area contributed by atoms with Crippen molar-refractivity contribution in [1.29, 1.82) is 0 Å². The van der Waals surface area contributed by atoms with Crippen LogP contribution in [0.2, 0.25) is 10.0 Å². The number of hydrogen-bond acceptors (Lipinski definition) is 8. The summed E-state index contributed by atoms with van der Waals surface area (Å²) in [5.74, 6) is 0.912. The highest BCUT2D eigenvalue weighted by Crippen LogP contribution is 2.25. The molecular weight excluding hydrogens is 447 g/mol. The third-order valence-corrected chi connectivity index (χ3v) is 5.86. The highest BCUT2D eigenvalue weighted by atomic mass is 35.5. The smallest absolute Gasteiger partial charge is 0.286 e. The van der Waals surface area contributed by atoms with E-state index in [1.54, 1.807) is 12.4 Å². The maximum atomic E-state index is 12.7. The van der Waals surface area contributed by atoms with Crippen molar-refractivity contribution in [3.8, 4) is 5.75 Å². The molecule has 4 heterocycles. The molecule has 2 saturated heterocycles. The van der Waals surface area contributed by atoms with Crippen molar-refractivity contribution in [2.24, 2.45) is 0 Å². The second kappa shape index (κ2) is 9.80. The predicted molar refractivity (Wildman–Crippen MR) is 114 cm³/mol. The van der Waals surface area contributed by atoms with Crippen LogP contribution in [0.15, 0.2) is 23.4 Å². The number of ether oxygens (including phenoxy) is 2. The number of halogens is 2. The van der Waals surface area contributed by atoms with Gasteiger partial charge in [-0.2, -0.15) is 5.10 Å². The predicted octanol–water partition coefficient (Wildman–Crippen LogP) is 1.53. The van der Waals surface area contributed by atoms with Crippen LogP contribution in [0.4, 0.5) is 5.95 Å². The van der Waals surface area contributed by atoms with Gasteiger partial charge in [0.15, 0.2) is 10.8 Å². The Kier molecular flexibility index (Phi) is 6.89. The minimum Gasteiger partial charge on any atom is -0.487 e. The summed E-state index contributed by atoms with van der Waals surface area (Å²) in [4.78, 5) is 36.5. The summed E-state index contributed by atoms with van der Waals surface area (Å²) < 4.78 is 11.5. The molecule has 0 bridgehead atoms. The van der Waals surface area contributed by atoms with E-state index in [1.165, 1.54) is 6.20 Å². The molecule has 4 rings (SSSR count). The van der Waals surface area contributed by atoms with Crippen LogP contribution in [0.25, 0.3) is 0 Å². The number of rotatable bonds is 6. The minimum atomic E-state index is -0.502. The molecule has 0 radical (unpaired) electrons. The zero-order valence-electron chi connectivity index (χ0n) is 16.7. The van der Waals surface area contributed by atoms with Gasteiger partial charge in [-0.05, 0) is 12.8 Å². The van der Waals surface area contributed by atoms with Gasteiger partial charge in [0.2, 0.25) is 11.9 Å². The van der Waals surface area contributed by atoms with Gasteiger partial charge in [-0.15, -0.1) is 0 Å². The molecule has 1 N–H and O–H groups in total. The van der Waals surface area contributed by atoms with Crippen molar-refractivity contribution < 1.29 is 14.3 Å². The molecule has 12 heteroatoms. The first-order valence-corrected chi connectivity index (χ1v) is 10.8. The fraction of sp³-hybridized carbons (Fsp3) is 0.526. The number of H-pyrrole nitrogens is 1. The molecule has 2 fully saturated rings.